The molecule has 0 aromatic heterocycles. The summed E-state index contributed by atoms with van der Waals surface area (Å²) < 4.78 is 27.5. The summed E-state index contributed by atoms with van der Waals surface area (Å²) in [6.07, 6.45) is 2.46. The van der Waals surface area contributed by atoms with Crippen LogP contribution in [0.25, 0.3) is 0 Å². The Hall–Kier alpha value is -2.55. The van der Waals surface area contributed by atoms with Crippen LogP contribution in [-0.4, -0.2) is 63.1 Å². The quantitative estimate of drug-likeness (QED) is 0.602. The van der Waals surface area contributed by atoms with E-state index in [1.54, 1.807) is 36.2 Å². The molecule has 7 nitrogen and oxygen atoms in total. The van der Waals surface area contributed by atoms with Crippen molar-refractivity contribution in [2.75, 3.05) is 33.2 Å². The number of benzene rings is 2. The van der Waals surface area contributed by atoms with Crippen LogP contribution in [0, 0.1) is 0 Å². The van der Waals surface area contributed by atoms with Crippen molar-refractivity contribution >= 4 is 21.7 Å². The lowest BCUT2D eigenvalue weighted by atomic mass is 10.1. The summed E-state index contributed by atoms with van der Waals surface area (Å²) >= 11 is 0. The van der Waals surface area contributed by atoms with Gasteiger partial charge in [-0.3, -0.25) is 9.59 Å². The highest BCUT2D eigenvalue weighted by Gasteiger charge is 2.17. The van der Waals surface area contributed by atoms with Crippen molar-refractivity contribution in [1.82, 2.24) is 14.5 Å². The zero-order valence-electron chi connectivity index (χ0n) is 18.0. The second kappa shape index (κ2) is 10.2. The minimum absolute atomic E-state index is 0.0445. The maximum absolute atomic E-state index is 12.6. The van der Waals surface area contributed by atoms with Gasteiger partial charge >= 0.3 is 0 Å². The fraction of sp³-hybridized carbons (Fsp3) is 0.391. The van der Waals surface area contributed by atoms with E-state index in [2.05, 4.69) is 9.62 Å². The second-order valence-electron chi connectivity index (χ2n) is 7.88. The highest BCUT2D eigenvalue weighted by Crippen LogP contribution is 2.13. The number of nitrogens with zero attached hydrogens (tertiary/aromatic N) is 2. The molecule has 3 rings (SSSR count). The van der Waals surface area contributed by atoms with Gasteiger partial charge in [0.2, 0.25) is 10.0 Å². The maximum Gasteiger partial charge on any atom is 0.253 e. The van der Waals surface area contributed by atoms with Gasteiger partial charge in [-0.05, 0) is 62.7 Å². The molecule has 2 aromatic rings. The molecule has 0 bridgehead atoms. The van der Waals surface area contributed by atoms with Crippen LogP contribution in [0.5, 0.6) is 0 Å². The van der Waals surface area contributed by atoms with Crippen molar-refractivity contribution in [3.63, 3.8) is 0 Å². The number of hydrogen-bond acceptors (Lipinski definition) is 5. The van der Waals surface area contributed by atoms with Crippen LogP contribution in [0.15, 0.2) is 53.4 Å². The molecular weight excluding hydrogens is 414 g/mol. The number of rotatable bonds is 9. The third-order valence-corrected chi connectivity index (χ3v) is 6.95. The lowest BCUT2D eigenvalue weighted by molar-refractivity contribution is 0.0782. The van der Waals surface area contributed by atoms with Crippen molar-refractivity contribution in [3.05, 3.63) is 65.2 Å². The van der Waals surface area contributed by atoms with E-state index in [-0.39, 0.29) is 23.1 Å². The van der Waals surface area contributed by atoms with Crippen molar-refractivity contribution < 1.29 is 18.0 Å². The molecule has 0 radical (unpaired) electrons. The minimum atomic E-state index is -3.70. The number of carbonyl (C=O) groups is 2. The molecule has 1 amide bonds. The Balaban J connectivity index is 1.54. The van der Waals surface area contributed by atoms with Gasteiger partial charge < -0.3 is 9.80 Å². The Morgan fingerprint density at radius 2 is 1.55 bits per heavy atom. The molecule has 166 valence electrons. The Morgan fingerprint density at radius 1 is 0.968 bits per heavy atom. The molecule has 1 aliphatic rings. The predicted molar refractivity (Wildman–Crippen MR) is 120 cm³/mol. The Labute approximate surface area is 184 Å². The largest absolute Gasteiger partial charge is 0.340 e. The number of Topliss-reactive ketones (excluding diaryl/α,β-unsaturated/α-hetero) is 1. The summed E-state index contributed by atoms with van der Waals surface area (Å²) in [6.45, 7) is 5.32. The maximum atomic E-state index is 12.6. The van der Waals surface area contributed by atoms with Crippen LogP contribution < -0.4 is 4.72 Å². The van der Waals surface area contributed by atoms with E-state index in [0.29, 0.717) is 17.7 Å². The number of ketones is 1. The predicted octanol–water partition coefficient (Wildman–Crippen LogP) is 2.54. The van der Waals surface area contributed by atoms with Gasteiger partial charge in [0.25, 0.3) is 5.91 Å². The van der Waals surface area contributed by atoms with E-state index in [4.69, 9.17) is 0 Å². The van der Waals surface area contributed by atoms with Gasteiger partial charge in [0.1, 0.15) is 0 Å². The highest BCUT2D eigenvalue weighted by molar-refractivity contribution is 7.89. The summed E-state index contributed by atoms with van der Waals surface area (Å²) in [7, 11) is -1.89. The van der Waals surface area contributed by atoms with E-state index in [1.165, 1.54) is 44.0 Å². The molecule has 1 fully saturated rings. The Morgan fingerprint density at radius 3 is 2.13 bits per heavy atom. The van der Waals surface area contributed by atoms with Gasteiger partial charge in [-0.1, -0.05) is 24.3 Å². The average Bonchev–Trinajstić information content (AvgIpc) is 3.30. The Bertz CT molecular complexity index is 1010. The normalized spacial score (nSPS) is 14.5. The fourth-order valence-corrected chi connectivity index (χ4v) is 4.53. The molecule has 1 saturated heterocycles. The van der Waals surface area contributed by atoms with Gasteiger partial charge in [-0.2, -0.15) is 0 Å². The summed E-state index contributed by atoms with van der Waals surface area (Å²) in [4.78, 5) is 28.1. The number of hydrogen-bond donors (Lipinski definition) is 1. The topological polar surface area (TPSA) is 86.8 Å². The van der Waals surface area contributed by atoms with Crippen LogP contribution in [0.3, 0.4) is 0 Å². The van der Waals surface area contributed by atoms with E-state index in [1.807, 2.05) is 0 Å². The number of amides is 1. The lowest BCUT2D eigenvalue weighted by Gasteiger charge is -2.21. The van der Waals surface area contributed by atoms with Gasteiger partial charge in [0.15, 0.2) is 5.78 Å². The third-order valence-electron chi connectivity index (χ3n) is 5.54. The molecule has 0 aliphatic carbocycles. The van der Waals surface area contributed by atoms with Gasteiger partial charge in [-0.25, -0.2) is 13.1 Å². The average molecular weight is 444 g/mol. The van der Waals surface area contributed by atoms with Crippen LogP contribution in [0.1, 0.15) is 46.0 Å². The third kappa shape index (κ3) is 6.22. The zero-order valence-corrected chi connectivity index (χ0v) is 18.8. The molecule has 0 spiro atoms. The van der Waals surface area contributed by atoms with Gasteiger partial charge in [0, 0.05) is 37.8 Å². The standard InChI is InChI=1S/C23H29N3O4S/c1-18(27)20-9-11-22(12-10-20)31(29,30)24-17-19-5-7-21(8-6-19)23(28)25(2)15-16-26-13-3-4-14-26/h5-12,24H,3-4,13-17H2,1-2H3. The van der Waals surface area contributed by atoms with Crippen LogP contribution >= 0.6 is 0 Å². The van der Waals surface area contributed by atoms with E-state index in [9.17, 15) is 18.0 Å². The Kier molecular flexibility index (Phi) is 7.59. The fourth-order valence-electron chi connectivity index (χ4n) is 3.52. The van der Waals surface area contributed by atoms with E-state index in [0.717, 1.165) is 25.2 Å². The van der Waals surface area contributed by atoms with Crippen LogP contribution in [-0.2, 0) is 16.6 Å². The number of sulfonamides is 1. The van der Waals surface area contributed by atoms with Crippen molar-refractivity contribution in [3.8, 4) is 0 Å². The molecule has 0 atom stereocenters. The van der Waals surface area contributed by atoms with Crippen LogP contribution in [0.4, 0.5) is 0 Å². The van der Waals surface area contributed by atoms with Crippen molar-refractivity contribution in [2.45, 2.75) is 31.2 Å². The zero-order chi connectivity index (χ0) is 22.4. The molecule has 0 unspecified atom stereocenters. The SMILES string of the molecule is CC(=O)c1ccc(S(=O)(=O)NCc2ccc(C(=O)N(C)CCN3CCCC3)cc2)cc1. The summed E-state index contributed by atoms with van der Waals surface area (Å²) in [5, 5.41) is 0. The number of carbonyl (C=O) groups excluding carboxylic acids is 2. The second-order valence-corrected chi connectivity index (χ2v) is 9.64. The van der Waals surface area contributed by atoms with Gasteiger partial charge in [-0.15, -0.1) is 0 Å². The number of likely N-dealkylation sites (tertiary alicyclic amines) is 1. The van der Waals surface area contributed by atoms with Crippen LogP contribution in [0.2, 0.25) is 0 Å². The monoisotopic (exact) mass is 443 g/mol. The van der Waals surface area contributed by atoms with E-state index < -0.39 is 10.0 Å². The first kappa shape index (κ1) is 23.1. The minimum Gasteiger partial charge on any atom is -0.340 e. The van der Waals surface area contributed by atoms with Crippen molar-refractivity contribution in [2.24, 2.45) is 0 Å². The first-order valence-electron chi connectivity index (χ1n) is 10.4. The highest BCUT2D eigenvalue weighted by atomic mass is 32.2. The summed E-state index contributed by atoms with van der Waals surface area (Å²) in [5.74, 6) is -0.162. The summed E-state index contributed by atoms with van der Waals surface area (Å²) in [6, 6.07) is 12.8. The number of nitrogens with one attached hydrogen (secondary N) is 1. The molecule has 1 N–H and O–H groups in total. The molecule has 0 saturated carbocycles. The molecule has 1 aliphatic heterocycles. The van der Waals surface area contributed by atoms with Gasteiger partial charge in [0.05, 0.1) is 4.90 Å². The molecule has 31 heavy (non-hydrogen) atoms. The first-order valence-corrected chi connectivity index (χ1v) is 11.9. The molecule has 8 heteroatoms. The molecule has 2 aromatic carbocycles. The van der Waals surface area contributed by atoms with E-state index >= 15 is 0 Å². The molecular formula is C23H29N3O4S. The number of likely N-dealkylation sites (N-methyl/N-ethyl adjacent to an activating group) is 1. The first-order chi connectivity index (χ1) is 14.8. The van der Waals surface area contributed by atoms with Crippen molar-refractivity contribution in [1.29, 1.82) is 0 Å². The molecule has 1 heterocycles. The smallest absolute Gasteiger partial charge is 0.253 e. The summed E-state index contributed by atoms with van der Waals surface area (Å²) in [5.41, 5.74) is 1.79. The lowest BCUT2D eigenvalue weighted by Crippen LogP contribution is -2.35.